The molecule has 4 nitrogen and oxygen atoms in total. The summed E-state index contributed by atoms with van der Waals surface area (Å²) >= 11 is 3.25. The van der Waals surface area contributed by atoms with E-state index >= 15 is 0 Å². The Hall–Kier alpha value is -1.20. The minimum Gasteiger partial charge on any atom is -0.479 e. The number of aliphatic carboxylic acids is 1. The number of benzene rings is 1. The van der Waals surface area contributed by atoms with Gasteiger partial charge in [-0.3, -0.25) is 4.79 Å². The van der Waals surface area contributed by atoms with E-state index in [1.54, 1.807) is 19.1 Å². The van der Waals surface area contributed by atoms with Crippen LogP contribution in [0.4, 0.5) is 0 Å². The van der Waals surface area contributed by atoms with Crippen LogP contribution >= 0.6 is 15.9 Å². The SMILES string of the molecule is CC(=O)C(Br)c1ccc(C(O)C(=O)O)c(C)c1. The van der Waals surface area contributed by atoms with Crippen LogP contribution in [0.5, 0.6) is 0 Å². The maximum atomic E-state index is 11.2. The monoisotopic (exact) mass is 300 g/mol. The van der Waals surface area contributed by atoms with Gasteiger partial charge < -0.3 is 10.2 Å². The number of carboxylic acids is 1. The van der Waals surface area contributed by atoms with Crippen molar-refractivity contribution in [2.45, 2.75) is 24.8 Å². The van der Waals surface area contributed by atoms with Gasteiger partial charge in [0.25, 0.3) is 0 Å². The number of aliphatic hydroxyl groups excluding tert-OH is 1. The number of aliphatic hydroxyl groups is 1. The van der Waals surface area contributed by atoms with Crippen molar-refractivity contribution in [2.75, 3.05) is 0 Å². The molecule has 0 heterocycles. The predicted molar refractivity (Wildman–Crippen MR) is 66.1 cm³/mol. The van der Waals surface area contributed by atoms with Crippen LogP contribution in [-0.4, -0.2) is 22.0 Å². The Kier molecular flexibility index (Phi) is 4.42. The van der Waals surface area contributed by atoms with Crippen LogP contribution in [0.2, 0.25) is 0 Å². The molecule has 2 atom stereocenters. The first kappa shape index (κ1) is 13.9. The molecule has 0 aliphatic rings. The van der Waals surface area contributed by atoms with Crippen molar-refractivity contribution in [3.63, 3.8) is 0 Å². The second-order valence-corrected chi connectivity index (χ2v) is 4.75. The van der Waals surface area contributed by atoms with Gasteiger partial charge in [-0.2, -0.15) is 0 Å². The minimum atomic E-state index is -1.53. The molecule has 1 rings (SSSR count). The minimum absolute atomic E-state index is 0.0315. The smallest absolute Gasteiger partial charge is 0.337 e. The lowest BCUT2D eigenvalue weighted by Crippen LogP contribution is -2.12. The van der Waals surface area contributed by atoms with E-state index in [1.807, 2.05) is 0 Å². The summed E-state index contributed by atoms with van der Waals surface area (Å²) in [5.41, 5.74) is 1.73. The van der Waals surface area contributed by atoms with Gasteiger partial charge in [-0.25, -0.2) is 4.79 Å². The van der Waals surface area contributed by atoms with Gasteiger partial charge in [-0.15, -0.1) is 0 Å². The fraction of sp³-hybridized carbons (Fsp3) is 0.333. The molecule has 17 heavy (non-hydrogen) atoms. The summed E-state index contributed by atoms with van der Waals surface area (Å²) in [6.07, 6.45) is -1.53. The number of carboxylic acid groups (broad SMARTS) is 1. The van der Waals surface area contributed by atoms with Crippen molar-refractivity contribution in [1.82, 2.24) is 0 Å². The number of ketones is 1. The van der Waals surface area contributed by atoms with Gasteiger partial charge in [-0.05, 0) is 30.5 Å². The molecule has 0 saturated carbocycles. The average molecular weight is 301 g/mol. The Morgan fingerprint density at radius 2 is 1.94 bits per heavy atom. The second kappa shape index (κ2) is 5.42. The Balaban J connectivity index is 3.10. The zero-order valence-corrected chi connectivity index (χ0v) is 11.1. The first-order valence-electron chi connectivity index (χ1n) is 5.00. The van der Waals surface area contributed by atoms with E-state index in [2.05, 4.69) is 15.9 Å². The van der Waals surface area contributed by atoms with Crippen molar-refractivity contribution in [3.05, 3.63) is 34.9 Å². The highest BCUT2D eigenvalue weighted by Crippen LogP contribution is 2.27. The van der Waals surface area contributed by atoms with Crippen LogP contribution < -0.4 is 0 Å². The summed E-state index contributed by atoms with van der Waals surface area (Å²) in [5.74, 6) is -1.32. The van der Waals surface area contributed by atoms with Crippen molar-refractivity contribution in [3.8, 4) is 0 Å². The Morgan fingerprint density at radius 3 is 2.35 bits per heavy atom. The molecule has 0 saturated heterocycles. The van der Waals surface area contributed by atoms with Crippen LogP contribution in [-0.2, 0) is 9.59 Å². The van der Waals surface area contributed by atoms with Crippen molar-refractivity contribution in [1.29, 1.82) is 0 Å². The van der Waals surface area contributed by atoms with E-state index in [-0.39, 0.29) is 5.78 Å². The largest absolute Gasteiger partial charge is 0.479 e. The van der Waals surface area contributed by atoms with Gasteiger partial charge in [0.05, 0.1) is 4.83 Å². The highest BCUT2D eigenvalue weighted by Gasteiger charge is 2.20. The number of halogens is 1. The van der Waals surface area contributed by atoms with Crippen LogP contribution in [0.1, 0.15) is 34.5 Å². The lowest BCUT2D eigenvalue weighted by molar-refractivity contribution is -0.147. The molecule has 1 aromatic carbocycles. The molecule has 2 N–H and O–H groups in total. The average Bonchev–Trinajstić information content (AvgIpc) is 2.26. The van der Waals surface area contributed by atoms with Gasteiger partial charge in [0.15, 0.2) is 6.10 Å². The quantitative estimate of drug-likeness (QED) is 0.836. The van der Waals surface area contributed by atoms with Crippen molar-refractivity contribution in [2.24, 2.45) is 0 Å². The Labute approximate surface area is 107 Å². The van der Waals surface area contributed by atoms with E-state index in [0.717, 1.165) is 5.56 Å². The molecule has 92 valence electrons. The summed E-state index contributed by atoms with van der Waals surface area (Å²) in [4.78, 5) is 21.5. The number of carbonyl (C=O) groups is 2. The number of alkyl halides is 1. The van der Waals surface area contributed by atoms with Gasteiger partial charge >= 0.3 is 5.97 Å². The van der Waals surface area contributed by atoms with Crippen molar-refractivity contribution >= 4 is 27.7 Å². The summed E-state index contributed by atoms with van der Waals surface area (Å²) < 4.78 is 0. The molecule has 0 fully saturated rings. The van der Waals surface area contributed by atoms with Gasteiger partial charge in [0.1, 0.15) is 5.78 Å². The molecule has 0 radical (unpaired) electrons. The maximum Gasteiger partial charge on any atom is 0.337 e. The number of Topliss-reactive ketones (excluding diaryl/α,β-unsaturated/α-hetero) is 1. The first-order chi connectivity index (χ1) is 7.84. The number of carbonyl (C=O) groups excluding carboxylic acids is 1. The molecule has 0 spiro atoms. The van der Waals surface area contributed by atoms with Crippen LogP contribution in [0.15, 0.2) is 18.2 Å². The topological polar surface area (TPSA) is 74.6 Å². The van der Waals surface area contributed by atoms with E-state index in [0.29, 0.717) is 11.1 Å². The molecule has 0 aromatic heterocycles. The molecular weight excluding hydrogens is 288 g/mol. The van der Waals surface area contributed by atoms with Crippen LogP contribution in [0, 0.1) is 6.92 Å². The second-order valence-electron chi connectivity index (χ2n) is 3.83. The fourth-order valence-corrected chi connectivity index (χ4v) is 1.82. The molecule has 2 unspecified atom stereocenters. The molecule has 0 aliphatic heterocycles. The lowest BCUT2D eigenvalue weighted by Gasteiger charge is -2.13. The van der Waals surface area contributed by atoms with Gasteiger partial charge in [0, 0.05) is 0 Å². The molecule has 1 aromatic rings. The molecule has 0 amide bonds. The summed E-state index contributed by atoms with van der Waals surface area (Å²) in [6, 6.07) is 4.86. The number of hydrogen-bond acceptors (Lipinski definition) is 3. The molecular formula is C12H13BrO4. The third-order valence-corrected chi connectivity index (χ3v) is 3.65. The summed E-state index contributed by atoms with van der Waals surface area (Å²) in [5, 5.41) is 18.2. The normalized spacial score (nSPS) is 14.1. The van der Waals surface area contributed by atoms with E-state index in [9.17, 15) is 14.7 Å². The zero-order chi connectivity index (χ0) is 13.2. The van der Waals surface area contributed by atoms with E-state index in [4.69, 9.17) is 5.11 Å². The highest BCUT2D eigenvalue weighted by atomic mass is 79.9. The molecule has 0 aliphatic carbocycles. The van der Waals surface area contributed by atoms with E-state index in [1.165, 1.54) is 13.0 Å². The Morgan fingerprint density at radius 1 is 1.35 bits per heavy atom. The lowest BCUT2D eigenvalue weighted by atomic mass is 9.98. The molecule has 0 bridgehead atoms. The molecule has 5 heteroatoms. The maximum absolute atomic E-state index is 11.2. The summed E-state index contributed by atoms with van der Waals surface area (Å²) in [7, 11) is 0. The van der Waals surface area contributed by atoms with Gasteiger partial charge in [0.2, 0.25) is 0 Å². The highest BCUT2D eigenvalue weighted by molar-refractivity contribution is 9.09. The van der Waals surface area contributed by atoms with Crippen LogP contribution in [0.3, 0.4) is 0 Å². The van der Waals surface area contributed by atoms with E-state index < -0.39 is 16.9 Å². The predicted octanol–water partition coefficient (Wildman–Crippen LogP) is 2.14. The number of hydrogen-bond donors (Lipinski definition) is 2. The number of rotatable bonds is 4. The van der Waals surface area contributed by atoms with Crippen LogP contribution in [0.25, 0.3) is 0 Å². The third-order valence-electron chi connectivity index (χ3n) is 2.47. The first-order valence-corrected chi connectivity index (χ1v) is 5.92. The summed E-state index contributed by atoms with van der Waals surface area (Å²) in [6.45, 7) is 3.17. The fourth-order valence-electron chi connectivity index (χ4n) is 1.53. The standard InChI is InChI=1S/C12H13BrO4/c1-6-5-8(10(13)7(2)14)3-4-9(6)11(15)12(16)17/h3-5,10-11,15H,1-2H3,(H,16,17). The number of aryl methyl sites for hydroxylation is 1. The zero-order valence-electron chi connectivity index (χ0n) is 9.48. The third kappa shape index (κ3) is 3.14. The van der Waals surface area contributed by atoms with Crippen molar-refractivity contribution < 1.29 is 19.8 Å². The van der Waals surface area contributed by atoms with Gasteiger partial charge in [-0.1, -0.05) is 34.1 Å². The Bertz CT molecular complexity index is 456.